The lowest BCUT2D eigenvalue weighted by Gasteiger charge is -2.64. The molecule has 1 saturated heterocycles. The van der Waals surface area contributed by atoms with Crippen LogP contribution in [0.15, 0.2) is 15.8 Å². The van der Waals surface area contributed by atoms with Gasteiger partial charge in [-0.25, -0.2) is 4.68 Å². The molecular formula is C19H29N3O3. The smallest absolute Gasteiger partial charge is 0.317 e. The number of ether oxygens (including phenoxy) is 1. The first-order chi connectivity index (χ1) is 11.8. The SMILES string of the molecule is CC1(C)[C@H]2CC[C@@](C)(Nc3c[nH]n(C4CCCCO4)c(=O)c3=O)[C@@H]1C2. The third-order valence-electron chi connectivity index (χ3n) is 7.12. The van der Waals surface area contributed by atoms with Gasteiger partial charge in [-0.15, -0.1) is 0 Å². The Kier molecular flexibility index (Phi) is 3.87. The minimum Gasteiger partial charge on any atom is -0.375 e. The van der Waals surface area contributed by atoms with Crippen LogP contribution >= 0.6 is 0 Å². The number of H-pyrrole nitrogens is 1. The standard InChI is InChI=1S/C19H29N3O3/c1-18(2)12-7-8-19(3,14(18)10-12)21-13-11-20-22(17(24)16(13)23)15-6-4-5-9-25-15/h11-12,14-15,20-21H,4-10H2,1-3H3/t12-,14+,15?,19+/m0/s1. The number of fused-ring (bicyclic) bond motifs is 2. The largest absolute Gasteiger partial charge is 0.375 e. The Morgan fingerprint density at radius 2 is 2.04 bits per heavy atom. The molecular weight excluding hydrogens is 318 g/mol. The van der Waals surface area contributed by atoms with Crippen LogP contribution in [0.5, 0.6) is 0 Å². The summed E-state index contributed by atoms with van der Waals surface area (Å²) in [6, 6.07) is 0. The van der Waals surface area contributed by atoms with Gasteiger partial charge >= 0.3 is 5.56 Å². The van der Waals surface area contributed by atoms with E-state index in [0.717, 1.165) is 31.6 Å². The van der Waals surface area contributed by atoms with Crippen molar-refractivity contribution < 1.29 is 4.74 Å². The summed E-state index contributed by atoms with van der Waals surface area (Å²) in [5.74, 6) is 1.32. The van der Waals surface area contributed by atoms with Crippen molar-refractivity contribution in [1.82, 2.24) is 9.78 Å². The zero-order valence-electron chi connectivity index (χ0n) is 15.4. The van der Waals surface area contributed by atoms with Crippen LogP contribution in [0.1, 0.15) is 65.5 Å². The summed E-state index contributed by atoms with van der Waals surface area (Å²) in [6.07, 6.45) is 7.50. The van der Waals surface area contributed by atoms with Crippen LogP contribution in [0.4, 0.5) is 5.69 Å². The number of aromatic nitrogens is 2. The van der Waals surface area contributed by atoms with Crippen molar-refractivity contribution in [2.75, 3.05) is 11.9 Å². The number of hydrogen-bond donors (Lipinski definition) is 2. The van der Waals surface area contributed by atoms with Gasteiger partial charge in [0.05, 0.1) is 0 Å². The fraction of sp³-hybridized carbons (Fsp3) is 0.789. The topological polar surface area (TPSA) is 76.1 Å². The summed E-state index contributed by atoms with van der Waals surface area (Å²) >= 11 is 0. The molecule has 0 radical (unpaired) electrons. The van der Waals surface area contributed by atoms with E-state index in [2.05, 4.69) is 31.2 Å². The van der Waals surface area contributed by atoms with Crippen LogP contribution < -0.4 is 16.3 Å². The Labute approximate surface area is 147 Å². The minimum atomic E-state index is -0.526. The van der Waals surface area contributed by atoms with E-state index in [1.165, 1.54) is 17.5 Å². The molecule has 4 fully saturated rings. The molecule has 0 aromatic carbocycles. The summed E-state index contributed by atoms with van der Waals surface area (Å²) in [5, 5.41) is 6.43. The molecule has 1 aromatic heterocycles. The zero-order valence-corrected chi connectivity index (χ0v) is 15.4. The van der Waals surface area contributed by atoms with Crippen LogP contribution in [0.2, 0.25) is 0 Å². The van der Waals surface area contributed by atoms with Gasteiger partial charge in [0.15, 0.2) is 6.23 Å². The fourth-order valence-corrected chi connectivity index (χ4v) is 5.41. The van der Waals surface area contributed by atoms with Gasteiger partial charge in [-0.2, -0.15) is 0 Å². The summed E-state index contributed by atoms with van der Waals surface area (Å²) < 4.78 is 6.98. The Hall–Kier alpha value is -1.56. The zero-order chi connectivity index (χ0) is 17.8. The maximum Gasteiger partial charge on any atom is 0.317 e. The van der Waals surface area contributed by atoms with Gasteiger partial charge in [-0.3, -0.25) is 14.7 Å². The molecule has 1 unspecified atom stereocenters. The number of nitrogens with zero attached hydrogens (tertiary/aromatic N) is 1. The fourth-order valence-electron chi connectivity index (χ4n) is 5.41. The Balaban J connectivity index is 1.60. The van der Waals surface area contributed by atoms with Gasteiger partial charge in [0, 0.05) is 18.3 Å². The number of hydrogen-bond acceptors (Lipinski definition) is 4. The summed E-state index contributed by atoms with van der Waals surface area (Å²) in [7, 11) is 0. The first kappa shape index (κ1) is 16.9. The molecule has 25 heavy (non-hydrogen) atoms. The highest BCUT2D eigenvalue weighted by molar-refractivity contribution is 5.43. The van der Waals surface area contributed by atoms with Gasteiger partial charge in [-0.05, 0) is 62.7 Å². The van der Waals surface area contributed by atoms with Gasteiger partial charge in [0.2, 0.25) is 0 Å². The third kappa shape index (κ3) is 2.57. The van der Waals surface area contributed by atoms with E-state index in [1.54, 1.807) is 6.20 Å². The maximum atomic E-state index is 12.7. The van der Waals surface area contributed by atoms with Crippen LogP contribution in [-0.2, 0) is 4.74 Å². The number of rotatable bonds is 3. The van der Waals surface area contributed by atoms with Crippen LogP contribution in [-0.4, -0.2) is 21.9 Å². The monoisotopic (exact) mass is 347 g/mol. The van der Waals surface area contributed by atoms with Gasteiger partial charge < -0.3 is 10.1 Å². The molecule has 3 aliphatic carbocycles. The summed E-state index contributed by atoms with van der Waals surface area (Å²) in [4.78, 5) is 25.2. The van der Waals surface area contributed by atoms with Crippen molar-refractivity contribution >= 4 is 5.69 Å². The highest BCUT2D eigenvalue weighted by Crippen LogP contribution is 2.63. The molecule has 1 aromatic rings. The van der Waals surface area contributed by atoms with Crippen molar-refractivity contribution in [2.45, 2.75) is 71.1 Å². The second-order valence-electron chi connectivity index (χ2n) is 8.90. The number of nitrogens with one attached hydrogen (secondary N) is 2. The molecule has 2 N–H and O–H groups in total. The molecule has 138 valence electrons. The second-order valence-corrected chi connectivity index (χ2v) is 8.90. The third-order valence-corrected chi connectivity index (χ3v) is 7.12. The molecule has 2 bridgehead atoms. The van der Waals surface area contributed by atoms with Crippen LogP contribution in [0.3, 0.4) is 0 Å². The van der Waals surface area contributed by atoms with Crippen molar-refractivity contribution in [3.8, 4) is 0 Å². The van der Waals surface area contributed by atoms with Gasteiger partial charge in [0.1, 0.15) is 5.69 Å². The van der Waals surface area contributed by atoms with E-state index in [-0.39, 0.29) is 11.8 Å². The van der Waals surface area contributed by atoms with E-state index >= 15 is 0 Å². The first-order valence-electron chi connectivity index (χ1n) is 9.57. The molecule has 4 atom stereocenters. The Morgan fingerprint density at radius 1 is 1.24 bits per heavy atom. The molecule has 0 spiro atoms. The maximum absolute atomic E-state index is 12.7. The molecule has 6 heteroatoms. The predicted molar refractivity (Wildman–Crippen MR) is 96.8 cm³/mol. The Morgan fingerprint density at radius 3 is 2.68 bits per heavy atom. The van der Waals surface area contributed by atoms with Crippen molar-refractivity contribution in [1.29, 1.82) is 0 Å². The Bertz CT molecular complexity index is 773. The highest BCUT2D eigenvalue weighted by atomic mass is 16.5. The molecule has 2 heterocycles. The average molecular weight is 347 g/mol. The average Bonchev–Trinajstić information content (AvgIpc) is 2.59. The first-order valence-corrected chi connectivity index (χ1v) is 9.57. The van der Waals surface area contributed by atoms with Crippen LogP contribution in [0.25, 0.3) is 0 Å². The molecule has 3 saturated carbocycles. The predicted octanol–water partition coefficient (Wildman–Crippen LogP) is 2.86. The lowest BCUT2D eigenvalue weighted by molar-refractivity contribution is -0.104. The minimum absolute atomic E-state index is 0.134. The van der Waals surface area contributed by atoms with Gasteiger partial charge in [0.25, 0.3) is 5.43 Å². The lowest BCUT2D eigenvalue weighted by atomic mass is 9.43. The number of aromatic amines is 1. The molecule has 5 rings (SSSR count). The highest BCUT2D eigenvalue weighted by Gasteiger charge is 2.59. The summed E-state index contributed by atoms with van der Waals surface area (Å²) in [5.41, 5.74) is -0.431. The van der Waals surface area contributed by atoms with Crippen molar-refractivity contribution in [2.24, 2.45) is 17.3 Å². The second kappa shape index (κ2) is 5.73. The van der Waals surface area contributed by atoms with Crippen molar-refractivity contribution in [3.63, 3.8) is 0 Å². The van der Waals surface area contributed by atoms with Gasteiger partial charge in [-0.1, -0.05) is 13.8 Å². The normalized spacial score (nSPS) is 36.5. The number of anilines is 1. The van der Waals surface area contributed by atoms with E-state index in [1.807, 2.05) is 0 Å². The summed E-state index contributed by atoms with van der Waals surface area (Å²) in [6.45, 7) is 7.49. The van der Waals surface area contributed by atoms with Crippen LogP contribution in [0, 0.1) is 17.3 Å². The van der Waals surface area contributed by atoms with Crippen molar-refractivity contribution in [3.05, 3.63) is 26.8 Å². The van der Waals surface area contributed by atoms with E-state index < -0.39 is 11.0 Å². The van der Waals surface area contributed by atoms with E-state index in [9.17, 15) is 9.59 Å². The van der Waals surface area contributed by atoms with E-state index in [0.29, 0.717) is 23.6 Å². The molecule has 0 amide bonds. The van der Waals surface area contributed by atoms with E-state index in [4.69, 9.17) is 4.74 Å². The quantitative estimate of drug-likeness (QED) is 0.825. The molecule has 4 aliphatic rings. The lowest BCUT2D eigenvalue weighted by Crippen LogP contribution is -2.63. The molecule has 6 nitrogen and oxygen atoms in total. The molecule has 1 aliphatic heterocycles.